The Bertz CT molecular complexity index is 1070. The number of phosphoric ester groups is 1. The highest BCUT2D eigenvalue weighted by atomic mass is 31.2. The van der Waals surface area contributed by atoms with E-state index >= 15 is 0 Å². The molecule has 0 fully saturated rings. The van der Waals surface area contributed by atoms with Gasteiger partial charge >= 0.3 is 19.8 Å². The summed E-state index contributed by atoms with van der Waals surface area (Å²) in [6.45, 7) is 5.68. The summed E-state index contributed by atoms with van der Waals surface area (Å²) in [6.07, 6.45) is 38.1. The molecule has 0 saturated heterocycles. The molecule has 0 aliphatic carbocycles. The van der Waals surface area contributed by atoms with E-state index in [0.29, 0.717) is 19.3 Å². The Labute approximate surface area is 302 Å². The maximum atomic E-state index is 12.3. The number of ether oxygens (including phenoxy) is 2. The fourth-order valence-corrected chi connectivity index (χ4v) is 5.09. The predicted molar refractivity (Wildman–Crippen MR) is 203 cm³/mol. The van der Waals surface area contributed by atoms with E-state index in [1.807, 2.05) is 12.2 Å². The van der Waals surface area contributed by atoms with Crippen LogP contribution in [0, 0.1) is 5.92 Å². The normalized spacial score (nSPS) is 14.1. The van der Waals surface area contributed by atoms with Gasteiger partial charge in [0.1, 0.15) is 6.61 Å². The average molecular weight is 723 g/mol. The van der Waals surface area contributed by atoms with Crippen molar-refractivity contribution in [2.45, 2.75) is 149 Å². The average Bonchev–Trinajstić information content (AvgIpc) is 3.06. The van der Waals surface area contributed by atoms with Crippen LogP contribution < -0.4 is 0 Å². The van der Waals surface area contributed by atoms with Crippen LogP contribution in [-0.2, 0) is 28.2 Å². The fraction of sp³-hybridized carbons (Fsp3) is 0.650. The maximum absolute atomic E-state index is 12.3. The number of unbranched alkanes of at least 4 members (excludes halogenated alkanes) is 8. The van der Waals surface area contributed by atoms with Gasteiger partial charge in [0.25, 0.3) is 0 Å². The molecule has 50 heavy (non-hydrogen) atoms. The quantitative estimate of drug-likeness (QED) is 0.0203. The molecule has 0 aromatic heterocycles. The van der Waals surface area contributed by atoms with Gasteiger partial charge in [-0.1, -0.05) is 151 Å². The number of hydrogen-bond donors (Lipinski definition) is 3. The molecule has 0 heterocycles. The first-order valence-corrected chi connectivity index (χ1v) is 20.2. The minimum absolute atomic E-state index is 0.0579. The Hall–Kier alpha value is -2.55. The second-order valence-corrected chi connectivity index (χ2v) is 14.1. The first kappa shape index (κ1) is 47.4. The molecule has 0 aliphatic rings. The van der Waals surface area contributed by atoms with E-state index in [4.69, 9.17) is 19.3 Å². The molecule has 3 N–H and O–H groups in total. The Kier molecular flexibility index (Phi) is 31.9. The second-order valence-electron chi connectivity index (χ2n) is 12.9. The lowest BCUT2D eigenvalue weighted by atomic mass is 10.0. The molecule has 286 valence electrons. The van der Waals surface area contributed by atoms with Crippen LogP contribution in [0.3, 0.4) is 0 Å². The molecular formula is C40H67O9P. The molecule has 0 aliphatic heterocycles. The Balaban J connectivity index is 4.22. The monoisotopic (exact) mass is 722 g/mol. The van der Waals surface area contributed by atoms with Crippen LogP contribution in [0.25, 0.3) is 0 Å². The highest BCUT2D eigenvalue weighted by Gasteiger charge is 2.22. The molecule has 0 amide bonds. The zero-order chi connectivity index (χ0) is 37.1. The summed E-state index contributed by atoms with van der Waals surface area (Å²) in [5, 5.41) is 10.1. The summed E-state index contributed by atoms with van der Waals surface area (Å²) >= 11 is 0. The van der Waals surface area contributed by atoms with Crippen molar-refractivity contribution in [3.05, 3.63) is 72.9 Å². The van der Waals surface area contributed by atoms with Crippen molar-refractivity contribution in [2.24, 2.45) is 5.92 Å². The van der Waals surface area contributed by atoms with Gasteiger partial charge < -0.3 is 24.4 Å². The van der Waals surface area contributed by atoms with Crippen molar-refractivity contribution in [1.29, 1.82) is 0 Å². The smallest absolute Gasteiger partial charge is 0.462 e. The van der Waals surface area contributed by atoms with Crippen LogP contribution in [0.1, 0.15) is 136 Å². The number of carbonyl (C=O) groups excluding carboxylic acids is 2. The summed E-state index contributed by atoms with van der Waals surface area (Å²) in [5.41, 5.74) is 0. The highest BCUT2D eigenvalue weighted by Crippen LogP contribution is 2.36. The summed E-state index contributed by atoms with van der Waals surface area (Å²) in [4.78, 5) is 42.6. The van der Waals surface area contributed by atoms with Crippen LogP contribution in [0.15, 0.2) is 72.9 Å². The molecule has 2 atom stereocenters. The molecule has 1 unspecified atom stereocenters. The molecule has 9 nitrogen and oxygen atoms in total. The third kappa shape index (κ3) is 36.7. The van der Waals surface area contributed by atoms with Gasteiger partial charge in [0.2, 0.25) is 0 Å². The maximum Gasteiger partial charge on any atom is 0.469 e. The van der Waals surface area contributed by atoms with Crippen molar-refractivity contribution in [1.82, 2.24) is 0 Å². The van der Waals surface area contributed by atoms with E-state index < -0.39 is 38.6 Å². The van der Waals surface area contributed by atoms with E-state index in [1.54, 1.807) is 24.3 Å². The van der Waals surface area contributed by atoms with Gasteiger partial charge in [0.15, 0.2) is 6.10 Å². The summed E-state index contributed by atoms with van der Waals surface area (Å²) in [6, 6.07) is 0. The van der Waals surface area contributed by atoms with Gasteiger partial charge in [-0.3, -0.25) is 14.1 Å². The first-order valence-electron chi connectivity index (χ1n) is 18.7. The van der Waals surface area contributed by atoms with Crippen molar-refractivity contribution in [3.8, 4) is 0 Å². The first-order chi connectivity index (χ1) is 24.0. The lowest BCUT2D eigenvalue weighted by Gasteiger charge is -2.18. The summed E-state index contributed by atoms with van der Waals surface area (Å²) < 4.78 is 26.2. The summed E-state index contributed by atoms with van der Waals surface area (Å²) in [5.74, 6) is -0.304. The highest BCUT2D eigenvalue weighted by molar-refractivity contribution is 7.46. The molecule has 0 radical (unpaired) electrons. The van der Waals surface area contributed by atoms with Crippen LogP contribution in [-0.4, -0.2) is 52.3 Å². The number of hydrogen-bond acceptors (Lipinski definition) is 7. The number of allylic oxidation sites excluding steroid dienone is 10. The van der Waals surface area contributed by atoms with E-state index in [2.05, 4.69) is 61.8 Å². The largest absolute Gasteiger partial charge is 0.469 e. The molecule has 0 bridgehead atoms. The van der Waals surface area contributed by atoms with E-state index in [-0.39, 0.29) is 19.4 Å². The lowest BCUT2D eigenvalue weighted by Crippen LogP contribution is -2.29. The minimum atomic E-state index is -4.79. The van der Waals surface area contributed by atoms with E-state index in [1.165, 1.54) is 38.5 Å². The van der Waals surface area contributed by atoms with Gasteiger partial charge in [0, 0.05) is 12.8 Å². The molecule has 0 rings (SSSR count). The van der Waals surface area contributed by atoms with Crippen molar-refractivity contribution in [3.63, 3.8) is 0 Å². The molecule has 0 aromatic carbocycles. The van der Waals surface area contributed by atoms with Crippen molar-refractivity contribution in [2.75, 3.05) is 13.2 Å². The van der Waals surface area contributed by atoms with Crippen LogP contribution >= 0.6 is 7.82 Å². The standard InChI is InChI=1S/C40H67O9P/c1-4-5-6-7-8-9-10-11-12-15-18-21-25-30-37(41)31-26-23-28-32-39(42)47-34-38(35-48-50(44,45)46)49-40(43)33-27-22-19-16-13-14-17-20-24-29-36(2)3/h5-6,8-9,11-12,18,21,23,25-26,30,36-38,41H,4,7,10,13-17,19-20,22,24,27-29,31-35H2,1-3H3,(H2,44,45,46)/b6-5-,9-8-,12-11-,21-18-,26-23-,30-25-/t37?,38-/m1/s1. The van der Waals surface area contributed by atoms with Gasteiger partial charge in [-0.05, 0) is 50.9 Å². The zero-order valence-corrected chi connectivity index (χ0v) is 31.9. The van der Waals surface area contributed by atoms with Crippen LogP contribution in [0.2, 0.25) is 0 Å². The van der Waals surface area contributed by atoms with Crippen molar-refractivity contribution < 1.29 is 43.0 Å². The third-order valence-corrected chi connectivity index (χ3v) is 8.00. The second kappa shape index (κ2) is 33.6. The lowest BCUT2D eigenvalue weighted by molar-refractivity contribution is -0.161. The molecular weight excluding hydrogens is 655 g/mol. The Morgan fingerprint density at radius 2 is 1.26 bits per heavy atom. The topological polar surface area (TPSA) is 140 Å². The molecule has 0 aromatic rings. The number of aliphatic hydroxyl groups is 1. The van der Waals surface area contributed by atoms with Crippen LogP contribution in [0.5, 0.6) is 0 Å². The van der Waals surface area contributed by atoms with E-state index in [9.17, 15) is 19.3 Å². The number of aliphatic hydroxyl groups excluding tert-OH is 1. The van der Waals surface area contributed by atoms with Gasteiger partial charge in [-0.2, -0.15) is 0 Å². The number of esters is 2. The van der Waals surface area contributed by atoms with Gasteiger partial charge in [-0.15, -0.1) is 0 Å². The molecule has 10 heteroatoms. The SMILES string of the molecule is CC/C=C\C/C=C\C/C=C\C/C=C\C=C/C(O)C/C=C\CCC(=O)OC[C@H](COP(=O)(O)O)OC(=O)CCCCCCCCCCCC(C)C. The Morgan fingerprint density at radius 1 is 0.680 bits per heavy atom. The number of phosphoric acid groups is 1. The molecule has 0 spiro atoms. The molecule has 0 saturated carbocycles. The Morgan fingerprint density at radius 3 is 1.86 bits per heavy atom. The minimum Gasteiger partial charge on any atom is -0.462 e. The van der Waals surface area contributed by atoms with Gasteiger partial charge in [0.05, 0.1) is 12.7 Å². The summed E-state index contributed by atoms with van der Waals surface area (Å²) in [7, 11) is -4.79. The third-order valence-electron chi connectivity index (χ3n) is 7.51. The zero-order valence-electron chi connectivity index (χ0n) is 31.0. The number of carbonyl (C=O) groups is 2. The van der Waals surface area contributed by atoms with Crippen molar-refractivity contribution >= 4 is 19.8 Å². The van der Waals surface area contributed by atoms with E-state index in [0.717, 1.165) is 50.9 Å². The number of rotatable bonds is 32. The van der Waals surface area contributed by atoms with Crippen LogP contribution in [0.4, 0.5) is 0 Å². The fourth-order valence-electron chi connectivity index (χ4n) is 4.72. The predicted octanol–water partition coefficient (Wildman–Crippen LogP) is 9.95. The van der Waals surface area contributed by atoms with Gasteiger partial charge in [-0.25, -0.2) is 4.57 Å².